The number of likely N-dealkylation sites (N-methyl/N-ethyl adjacent to an activating group) is 1. The number of aromatic nitrogens is 2. The number of hydrogen-bond donors (Lipinski definition) is 1. The van der Waals surface area contributed by atoms with Crippen molar-refractivity contribution in [1.29, 1.82) is 0 Å². The Morgan fingerprint density at radius 1 is 1.33 bits per heavy atom. The van der Waals surface area contributed by atoms with Crippen molar-refractivity contribution >= 4 is 11.6 Å². The van der Waals surface area contributed by atoms with Gasteiger partial charge in [-0.1, -0.05) is 41.4 Å². The molecule has 0 saturated heterocycles. The molecule has 4 heteroatoms. The number of nitrogens with one attached hydrogen (secondary N) is 1. The van der Waals surface area contributed by atoms with Gasteiger partial charge in [0.1, 0.15) is 5.15 Å². The van der Waals surface area contributed by atoms with Gasteiger partial charge in [0.15, 0.2) is 0 Å². The Morgan fingerprint density at radius 2 is 2.10 bits per heavy atom. The average Bonchev–Trinajstić information content (AvgIpc) is 2.69. The summed E-state index contributed by atoms with van der Waals surface area (Å²) in [7, 11) is 3.90. The second-order valence-electron chi connectivity index (χ2n) is 5.70. The lowest BCUT2D eigenvalue weighted by Crippen LogP contribution is -2.28. The molecule has 21 heavy (non-hydrogen) atoms. The van der Waals surface area contributed by atoms with E-state index in [4.69, 9.17) is 11.6 Å². The molecular weight excluding hydrogens is 282 g/mol. The maximum Gasteiger partial charge on any atom is 0.130 e. The zero-order valence-electron chi connectivity index (χ0n) is 13.3. The Bertz CT molecular complexity index is 604. The van der Waals surface area contributed by atoms with Crippen LogP contribution in [0.3, 0.4) is 0 Å². The van der Waals surface area contributed by atoms with Crippen LogP contribution >= 0.6 is 11.6 Å². The first-order valence-corrected chi connectivity index (χ1v) is 7.80. The molecule has 1 N–H and O–H groups in total. The summed E-state index contributed by atoms with van der Waals surface area (Å²) in [5.41, 5.74) is 4.89. The average molecular weight is 306 g/mol. The minimum atomic E-state index is 0.408. The van der Waals surface area contributed by atoms with E-state index in [-0.39, 0.29) is 0 Å². The fraction of sp³-hybridized carbons (Fsp3) is 0.471. The second kappa shape index (κ2) is 7.10. The molecule has 0 bridgehead atoms. The van der Waals surface area contributed by atoms with Gasteiger partial charge in [0.2, 0.25) is 0 Å². The molecule has 114 valence electrons. The molecule has 0 fully saturated rings. The summed E-state index contributed by atoms with van der Waals surface area (Å²) in [6.45, 7) is 4.16. The van der Waals surface area contributed by atoms with Crippen molar-refractivity contribution in [3.05, 3.63) is 51.8 Å². The highest BCUT2D eigenvalue weighted by atomic mass is 35.5. The highest BCUT2D eigenvalue weighted by molar-refractivity contribution is 6.30. The molecule has 2 rings (SSSR count). The van der Waals surface area contributed by atoms with E-state index in [1.165, 1.54) is 11.1 Å². The molecule has 0 saturated carbocycles. The normalized spacial score (nSPS) is 12.6. The highest BCUT2D eigenvalue weighted by Gasteiger charge is 2.16. The highest BCUT2D eigenvalue weighted by Crippen LogP contribution is 2.21. The van der Waals surface area contributed by atoms with Gasteiger partial charge in [-0.3, -0.25) is 4.68 Å². The fourth-order valence-corrected chi connectivity index (χ4v) is 2.96. The van der Waals surface area contributed by atoms with Crippen LogP contribution in [0, 0.1) is 13.8 Å². The lowest BCUT2D eigenvalue weighted by atomic mass is 9.99. The first-order valence-electron chi connectivity index (χ1n) is 7.42. The van der Waals surface area contributed by atoms with Gasteiger partial charge in [-0.15, -0.1) is 0 Å². The molecule has 0 aliphatic heterocycles. The molecule has 0 amide bonds. The van der Waals surface area contributed by atoms with Crippen LogP contribution in [0.25, 0.3) is 0 Å². The Kier molecular flexibility index (Phi) is 5.43. The number of nitrogens with zero attached hydrogens (tertiary/aromatic N) is 2. The lowest BCUT2D eigenvalue weighted by molar-refractivity contribution is 0.519. The SMILES string of the molecule is CNC(CCc1cccc(C)c1)Cc1c(C)nn(C)c1Cl. The molecule has 0 aliphatic rings. The third kappa shape index (κ3) is 4.08. The van der Waals surface area contributed by atoms with Crippen molar-refractivity contribution in [3.63, 3.8) is 0 Å². The molecule has 1 heterocycles. The molecule has 1 aromatic heterocycles. The van der Waals surface area contributed by atoms with E-state index in [9.17, 15) is 0 Å². The predicted octanol–water partition coefficient (Wildman–Crippen LogP) is 3.45. The number of halogens is 1. The zero-order chi connectivity index (χ0) is 15.4. The van der Waals surface area contributed by atoms with E-state index in [1.807, 2.05) is 21.0 Å². The van der Waals surface area contributed by atoms with Crippen molar-refractivity contribution in [2.75, 3.05) is 7.05 Å². The van der Waals surface area contributed by atoms with Crippen molar-refractivity contribution in [3.8, 4) is 0 Å². The van der Waals surface area contributed by atoms with Crippen LogP contribution in [0.15, 0.2) is 24.3 Å². The van der Waals surface area contributed by atoms with E-state index in [2.05, 4.69) is 41.6 Å². The van der Waals surface area contributed by atoms with E-state index >= 15 is 0 Å². The summed E-state index contributed by atoms with van der Waals surface area (Å²) in [6.07, 6.45) is 3.08. The monoisotopic (exact) mass is 305 g/mol. The molecule has 1 aromatic carbocycles. The summed E-state index contributed by atoms with van der Waals surface area (Å²) < 4.78 is 1.75. The minimum absolute atomic E-state index is 0.408. The molecule has 0 spiro atoms. The molecule has 0 aliphatic carbocycles. The molecule has 3 nitrogen and oxygen atoms in total. The van der Waals surface area contributed by atoms with E-state index in [1.54, 1.807) is 4.68 Å². The van der Waals surface area contributed by atoms with Gasteiger partial charge in [0, 0.05) is 18.7 Å². The predicted molar refractivity (Wildman–Crippen MR) is 89.0 cm³/mol. The zero-order valence-corrected chi connectivity index (χ0v) is 14.0. The maximum absolute atomic E-state index is 6.33. The van der Waals surface area contributed by atoms with Crippen LogP contribution in [0.4, 0.5) is 0 Å². The van der Waals surface area contributed by atoms with Crippen LogP contribution in [0.5, 0.6) is 0 Å². The molecule has 2 aromatic rings. The van der Waals surface area contributed by atoms with Crippen LogP contribution in [-0.4, -0.2) is 22.9 Å². The first-order chi connectivity index (χ1) is 10.0. The Labute approximate surface area is 132 Å². The van der Waals surface area contributed by atoms with Gasteiger partial charge < -0.3 is 5.32 Å². The van der Waals surface area contributed by atoms with Gasteiger partial charge in [-0.05, 0) is 45.7 Å². The summed E-state index contributed by atoms with van der Waals surface area (Å²) in [5.74, 6) is 0. The van der Waals surface area contributed by atoms with Crippen LogP contribution in [0.2, 0.25) is 5.15 Å². The van der Waals surface area contributed by atoms with E-state index < -0.39 is 0 Å². The molecule has 1 atom stereocenters. The number of hydrogen-bond acceptors (Lipinski definition) is 2. The maximum atomic E-state index is 6.33. The Morgan fingerprint density at radius 3 is 2.67 bits per heavy atom. The fourth-order valence-electron chi connectivity index (χ4n) is 2.71. The van der Waals surface area contributed by atoms with Gasteiger partial charge in [-0.25, -0.2) is 0 Å². The third-order valence-electron chi connectivity index (χ3n) is 3.99. The number of aryl methyl sites for hydroxylation is 4. The van der Waals surface area contributed by atoms with Gasteiger partial charge in [0.25, 0.3) is 0 Å². The van der Waals surface area contributed by atoms with E-state index in [0.29, 0.717) is 6.04 Å². The summed E-state index contributed by atoms with van der Waals surface area (Å²) >= 11 is 6.33. The van der Waals surface area contributed by atoms with Crippen molar-refractivity contribution in [2.24, 2.45) is 7.05 Å². The minimum Gasteiger partial charge on any atom is -0.317 e. The molecule has 1 unspecified atom stereocenters. The summed E-state index contributed by atoms with van der Waals surface area (Å²) in [5, 5.41) is 8.54. The van der Waals surface area contributed by atoms with Gasteiger partial charge in [0.05, 0.1) is 5.69 Å². The Balaban J connectivity index is 2.00. The first kappa shape index (κ1) is 16.1. The summed E-state index contributed by atoms with van der Waals surface area (Å²) in [4.78, 5) is 0. The van der Waals surface area contributed by atoms with Crippen molar-refractivity contribution < 1.29 is 0 Å². The van der Waals surface area contributed by atoms with Gasteiger partial charge in [-0.2, -0.15) is 5.10 Å². The van der Waals surface area contributed by atoms with Crippen molar-refractivity contribution in [2.45, 2.75) is 39.2 Å². The Hall–Kier alpha value is -1.32. The third-order valence-corrected chi connectivity index (χ3v) is 4.47. The van der Waals surface area contributed by atoms with Crippen LogP contribution in [0.1, 0.15) is 28.8 Å². The smallest absolute Gasteiger partial charge is 0.130 e. The topological polar surface area (TPSA) is 29.9 Å². The standard InChI is InChI=1S/C17H24ClN3/c1-12-6-5-7-14(10-12)8-9-15(19-3)11-16-13(2)20-21(4)17(16)18/h5-7,10,15,19H,8-9,11H2,1-4H3. The lowest BCUT2D eigenvalue weighted by Gasteiger charge is -2.16. The van der Waals surface area contributed by atoms with Gasteiger partial charge >= 0.3 is 0 Å². The quantitative estimate of drug-likeness (QED) is 0.886. The molecular formula is C17H24ClN3. The largest absolute Gasteiger partial charge is 0.317 e. The second-order valence-corrected chi connectivity index (χ2v) is 6.05. The number of rotatable bonds is 6. The van der Waals surface area contributed by atoms with Crippen molar-refractivity contribution in [1.82, 2.24) is 15.1 Å². The molecule has 0 radical (unpaired) electrons. The number of benzene rings is 1. The van der Waals surface area contributed by atoms with E-state index in [0.717, 1.165) is 35.7 Å². The summed E-state index contributed by atoms with van der Waals surface area (Å²) in [6, 6.07) is 9.13. The van der Waals surface area contributed by atoms with Crippen LogP contribution < -0.4 is 5.32 Å². The van der Waals surface area contributed by atoms with Crippen LogP contribution in [-0.2, 0) is 19.9 Å².